The van der Waals surface area contributed by atoms with Crippen LogP contribution in [0.3, 0.4) is 0 Å². The third kappa shape index (κ3) is 2.17. The smallest absolute Gasteiger partial charge is 0.416 e. The summed E-state index contributed by atoms with van der Waals surface area (Å²) in [5, 5.41) is 9.22. The fourth-order valence-corrected chi connectivity index (χ4v) is 1.10. The van der Waals surface area contributed by atoms with Crippen molar-refractivity contribution in [2.75, 3.05) is 0 Å². The third-order valence-corrected chi connectivity index (χ3v) is 1.85. The quantitative estimate of drug-likeness (QED) is 0.739. The van der Waals surface area contributed by atoms with Gasteiger partial charge in [0.05, 0.1) is 5.56 Å². The van der Waals surface area contributed by atoms with Crippen molar-refractivity contribution in [3.8, 4) is 5.75 Å². The lowest BCUT2D eigenvalue weighted by atomic mass is 10.0. The second kappa shape index (κ2) is 3.49. The van der Waals surface area contributed by atoms with E-state index < -0.39 is 17.8 Å². The lowest BCUT2D eigenvalue weighted by Crippen LogP contribution is -2.09. The van der Waals surface area contributed by atoms with Gasteiger partial charge in [0.25, 0.3) is 0 Å². The van der Waals surface area contributed by atoms with E-state index in [1.54, 1.807) is 0 Å². The Morgan fingerprint density at radius 2 is 1.93 bits per heavy atom. The molecule has 0 aliphatic rings. The van der Waals surface area contributed by atoms with Crippen LogP contribution in [0.25, 0.3) is 0 Å². The van der Waals surface area contributed by atoms with Crippen molar-refractivity contribution < 1.29 is 18.3 Å². The fraction of sp³-hybridized carbons (Fsp3) is 0.333. The lowest BCUT2D eigenvalue weighted by molar-refractivity contribution is -0.137. The van der Waals surface area contributed by atoms with Gasteiger partial charge in [-0.3, -0.25) is 0 Å². The minimum Gasteiger partial charge on any atom is -0.508 e. The van der Waals surface area contributed by atoms with Crippen LogP contribution in [-0.4, -0.2) is 5.11 Å². The van der Waals surface area contributed by atoms with E-state index in [-0.39, 0.29) is 11.3 Å². The normalized spacial score (nSPS) is 14.1. The molecule has 1 aromatic rings. The highest BCUT2D eigenvalue weighted by atomic mass is 19.4. The van der Waals surface area contributed by atoms with Gasteiger partial charge in [-0.2, -0.15) is 13.2 Å². The van der Waals surface area contributed by atoms with Gasteiger partial charge < -0.3 is 10.8 Å². The molecule has 1 atom stereocenters. The first-order valence-electron chi connectivity index (χ1n) is 3.98. The summed E-state index contributed by atoms with van der Waals surface area (Å²) in [6.07, 6.45) is -4.41. The Labute approximate surface area is 79.2 Å². The molecule has 0 saturated carbocycles. The van der Waals surface area contributed by atoms with Gasteiger partial charge in [-0.15, -0.1) is 0 Å². The van der Waals surface area contributed by atoms with E-state index in [1.165, 1.54) is 6.92 Å². The van der Waals surface area contributed by atoms with Crippen LogP contribution in [0.1, 0.15) is 24.1 Å². The Balaban J connectivity index is 3.20. The number of hydrogen-bond acceptors (Lipinski definition) is 2. The summed E-state index contributed by atoms with van der Waals surface area (Å²) < 4.78 is 36.7. The van der Waals surface area contributed by atoms with Crippen molar-refractivity contribution in [2.24, 2.45) is 5.73 Å². The second-order valence-electron chi connectivity index (χ2n) is 3.06. The molecule has 0 aliphatic carbocycles. The maximum absolute atomic E-state index is 12.2. The Morgan fingerprint density at radius 1 is 1.36 bits per heavy atom. The van der Waals surface area contributed by atoms with Crippen LogP contribution in [0.5, 0.6) is 5.75 Å². The lowest BCUT2D eigenvalue weighted by Gasteiger charge is -2.12. The van der Waals surface area contributed by atoms with Crippen LogP contribution in [0, 0.1) is 0 Å². The average molecular weight is 205 g/mol. The number of rotatable bonds is 1. The zero-order valence-electron chi connectivity index (χ0n) is 7.47. The highest BCUT2D eigenvalue weighted by Gasteiger charge is 2.31. The van der Waals surface area contributed by atoms with E-state index in [0.717, 1.165) is 18.2 Å². The van der Waals surface area contributed by atoms with Crippen molar-refractivity contribution in [1.29, 1.82) is 0 Å². The van der Waals surface area contributed by atoms with E-state index in [4.69, 9.17) is 5.73 Å². The van der Waals surface area contributed by atoms with Gasteiger partial charge in [0.1, 0.15) is 5.75 Å². The molecule has 0 amide bonds. The predicted octanol–water partition coefficient (Wildman–Crippen LogP) is 2.43. The van der Waals surface area contributed by atoms with Crippen LogP contribution < -0.4 is 5.73 Å². The number of aromatic hydroxyl groups is 1. The average Bonchev–Trinajstić information content (AvgIpc) is 2.02. The molecule has 78 valence electrons. The van der Waals surface area contributed by atoms with Crippen LogP contribution in [0.15, 0.2) is 18.2 Å². The number of hydrogen-bond donors (Lipinski definition) is 2. The molecule has 3 N–H and O–H groups in total. The Kier molecular flexibility index (Phi) is 2.71. The highest BCUT2D eigenvalue weighted by molar-refractivity contribution is 5.38. The number of halogens is 3. The predicted molar refractivity (Wildman–Crippen MR) is 45.7 cm³/mol. The molecule has 0 radical (unpaired) electrons. The van der Waals surface area contributed by atoms with Crippen molar-refractivity contribution in [3.05, 3.63) is 29.3 Å². The molecule has 0 saturated heterocycles. The highest BCUT2D eigenvalue weighted by Crippen LogP contribution is 2.33. The molecule has 1 aromatic carbocycles. The van der Waals surface area contributed by atoms with Crippen LogP contribution in [-0.2, 0) is 6.18 Å². The second-order valence-corrected chi connectivity index (χ2v) is 3.06. The van der Waals surface area contributed by atoms with Crippen molar-refractivity contribution in [3.63, 3.8) is 0 Å². The molecule has 1 rings (SSSR count). The van der Waals surface area contributed by atoms with Gasteiger partial charge in [0, 0.05) is 11.6 Å². The summed E-state index contributed by atoms with van der Waals surface area (Å²) in [6, 6.07) is 2.06. The molecule has 0 aliphatic heterocycles. The van der Waals surface area contributed by atoms with Gasteiger partial charge in [0.2, 0.25) is 0 Å². The summed E-state index contributed by atoms with van der Waals surface area (Å²) >= 11 is 0. The minimum absolute atomic E-state index is 0.0971. The molecule has 0 fully saturated rings. The molecule has 2 nitrogen and oxygen atoms in total. The standard InChI is InChI=1S/C9H10F3NO/c1-5(13)7-4-6(9(10,11)12)2-3-8(7)14/h2-5,14H,13H2,1H3. The van der Waals surface area contributed by atoms with Gasteiger partial charge in [-0.25, -0.2) is 0 Å². The molecule has 14 heavy (non-hydrogen) atoms. The Bertz CT molecular complexity index is 333. The molecule has 0 heterocycles. The zero-order valence-corrected chi connectivity index (χ0v) is 7.47. The van der Waals surface area contributed by atoms with Gasteiger partial charge in [-0.1, -0.05) is 0 Å². The maximum Gasteiger partial charge on any atom is 0.416 e. The van der Waals surface area contributed by atoms with Crippen molar-refractivity contribution >= 4 is 0 Å². The molecule has 0 spiro atoms. The van der Waals surface area contributed by atoms with Crippen LogP contribution in [0.4, 0.5) is 13.2 Å². The topological polar surface area (TPSA) is 46.2 Å². The van der Waals surface area contributed by atoms with Gasteiger partial charge in [0.15, 0.2) is 0 Å². The maximum atomic E-state index is 12.2. The van der Waals surface area contributed by atoms with E-state index in [0.29, 0.717) is 0 Å². The molecule has 0 bridgehead atoms. The SMILES string of the molecule is CC(N)c1cc(C(F)(F)F)ccc1O. The van der Waals surface area contributed by atoms with E-state index in [1.807, 2.05) is 0 Å². The largest absolute Gasteiger partial charge is 0.508 e. The Hall–Kier alpha value is -1.23. The molecular formula is C9H10F3NO. The summed E-state index contributed by atoms with van der Waals surface area (Å²) in [5.74, 6) is -0.215. The Morgan fingerprint density at radius 3 is 2.36 bits per heavy atom. The van der Waals surface area contributed by atoms with Crippen LogP contribution in [0.2, 0.25) is 0 Å². The molecule has 5 heteroatoms. The van der Waals surface area contributed by atoms with Crippen molar-refractivity contribution in [2.45, 2.75) is 19.1 Å². The van der Waals surface area contributed by atoms with Crippen molar-refractivity contribution in [1.82, 2.24) is 0 Å². The number of phenolic OH excluding ortho intramolecular Hbond substituents is 1. The number of phenols is 1. The number of benzene rings is 1. The van der Waals surface area contributed by atoms with Gasteiger partial charge in [-0.05, 0) is 25.1 Å². The van der Waals surface area contributed by atoms with Crippen LogP contribution >= 0.6 is 0 Å². The summed E-state index contributed by atoms with van der Waals surface area (Å²) in [4.78, 5) is 0. The first-order chi connectivity index (χ1) is 6.32. The third-order valence-electron chi connectivity index (χ3n) is 1.85. The van der Waals surface area contributed by atoms with Gasteiger partial charge >= 0.3 is 6.18 Å². The molecule has 0 aromatic heterocycles. The molecular weight excluding hydrogens is 195 g/mol. The summed E-state index contributed by atoms with van der Waals surface area (Å²) in [7, 11) is 0. The van der Waals surface area contributed by atoms with E-state index in [2.05, 4.69) is 0 Å². The fourth-order valence-electron chi connectivity index (χ4n) is 1.10. The van der Waals surface area contributed by atoms with E-state index in [9.17, 15) is 18.3 Å². The summed E-state index contributed by atoms with van der Waals surface area (Å²) in [5.41, 5.74) is 4.69. The minimum atomic E-state index is -4.41. The first kappa shape index (κ1) is 10.8. The first-order valence-corrected chi connectivity index (χ1v) is 3.98. The summed E-state index contributed by atoms with van der Waals surface area (Å²) in [6.45, 7) is 1.51. The zero-order chi connectivity index (χ0) is 10.9. The monoisotopic (exact) mass is 205 g/mol. The number of nitrogens with two attached hydrogens (primary N) is 1. The number of alkyl halides is 3. The molecule has 1 unspecified atom stereocenters. The van der Waals surface area contributed by atoms with E-state index >= 15 is 0 Å².